The van der Waals surface area contributed by atoms with Crippen LogP contribution in [0.25, 0.3) is 0 Å². The fourth-order valence-corrected chi connectivity index (χ4v) is 3.69. The first-order valence-corrected chi connectivity index (χ1v) is 9.48. The summed E-state index contributed by atoms with van der Waals surface area (Å²) in [5.74, 6) is -0.313. The van der Waals surface area contributed by atoms with Crippen molar-refractivity contribution >= 4 is 39.0 Å². The molecular weight excluding hydrogens is 396 g/mol. The smallest absolute Gasteiger partial charge is 0.275 e. The zero-order valence-electron chi connectivity index (χ0n) is 14.8. The van der Waals surface area contributed by atoms with Crippen molar-refractivity contribution < 1.29 is 18.1 Å². The summed E-state index contributed by atoms with van der Waals surface area (Å²) in [5, 5.41) is 13.5. The first-order valence-electron chi connectivity index (χ1n) is 7.66. The van der Waals surface area contributed by atoms with Crippen molar-refractivity contribution in [1.29, 1.82) is 0 Å². The monoisotopic (exact) mass is 412 g/mol. The molecule has 1 aromatic carbocycles. The highest BCUT2D eigenvalue weighted by molar-refractivity contribution is 7.89. The number of likely N-dealkylation sites (N-methyl/N-ethyl adjacent to an activating group) is 1. The molecule has 9 nitrogen and oxygen atoms in total. The Morgan fingerprint density at radius 1 is 1.33 bits per heavy atom. The van der Waals surface area contributed by atoms with Gasteiger partial charge < -0.3 is 5.32 Å². The minimum absolute atomic E-state index is 0.0513. The van der Waals surface area contributed by atoms with Crippen molar-refractivity contribution in [3.63, 3.8) is 0 Å². The number of hydrogen-bond acceptors (Lipinski definition) is 6. The summed E-state index contributed by atoms with van der Waals surface area (Å²) in [6.07, 6.45) is 0. The molecule has 0 aliphatic rings. The predicted molar refractivity (Wildman–Crippen MR) is 100 cm³/mol. The van der Waals surface area contributed by atoms with E-state index in [0.29, 0.717) is 11.5 Å². The third kappa shape index (κ3) is 4.79. The average molecular weight is 413 g/mol. The molecule has 2 aromatic rings. The number of amides is 1. The third-order valence-electron chi connectivity index (χ3n) is 3.72. The van der Waals surface area contributed by atoms with Crippen LogP contribution in [0.1, 0.15) is 11.3 Å². The van der Waals surface area contributed by atoms with Crippen LogP contribution in [0.3, 0.4) is 0 Å². The number of halogens is 1. The van der Waals surface area contributed by atoms with Gasteiger partial charge in [-0.15, -0.1) is 0 Å². The van der Waals surface area contributed by atoms with Gasteiger partial charge in [-0.3, -0.25) is 14.9 Å². The van der Waals surface area contributed by atoms with Gasteiger partial charge in [0.05, 0.1) is 21.4 Å². The van der Waals surface area contributed by atoms with Gasteiger partial charge in [0, 0.05) is 24.4 Å². The highest BCUT2D eigenvalue weighted by atomic mass is 35.5. The summed E-state index contributed by atoms with van der Waals surface area (Å²) >= 11 is 5.93. The van der Waals surface area contributed by atoms with E-state index in [1.807, 2.05) is 0 Å². The molecule has 0 unspecified atom stereocenters. The summed E-state index contributed by atoms with van der Waals surface area (Å²) < 4.78 is 26.1. The first-order chi connectivity index (χ1) is 12.5. The molecule has 0 aliphatic carbocycles. The molecule has 0 spiro atoms. The van der Waals surface area contributed by atoms with Crippen molar-refractivity contribution in [2.24, 2.45) is 0 Å². The summed E-state index contributed by atoms with van der Waals surface area (Å²) in [6, 6.07) is 7.07. The number of nitro benzene ring substituents is 1. The van der Waals surface area contributed by atoms with E-state index in [9.17, 15) is 23.3 Å². The van der Waals surface area contributed by atoms with E-state index in [0.717, 1.165) is 16.4 Å². The lowest BCUT2D eigenvalue weighted by Gasteiger charge is -2.17. The number of pyridine rings is 1. The Morgan fingerprint density at radius 3 is 2.59 bits per heavy atom. The van der Waals surface area contributed by atoms with Gasteiger partial charge in [-0.2, -0.15) is 4.31 Å². The van der Waals surface area contributed by atoms with Crippen LogP contribution in [-0.2, 0) is 14.8 Å². The van der Waals surface area contributed by atoms with Crippen molar-refractivity contribution in [3.8, 4) is 0 Å². The van der Waals surface area contributed by atoms with E-state index in [-0.39, 0.29) is 15.5 Å². The molecule has 1 N–H and O–H groups in total. The van der Waals surface area contributed by atoms with Gasteiger partial charge in [-0.1, -0.05) is 17.7 Å². The predicted octanol–water partition coefficient (Wildman–Crippen LogP) is 2.52. The van der Waals surface area contributed by atoms with Gasteiger partial charge in [-0.25, -0.2) is 13.4 Å². The number of nitrogens with one attached hydrogen (secondary N) is 1. The van der Waals surface area contributed by atoms with Crippen LogP contribution in [0, 0.1) is 24.0 Å². The van der Waals surface area contributed by atoms with Crippen LogP contribution in [0.5, 0.6) is 0 Å². The fourth-order valence-electron chi connectivity index (χ4n) is 2.24. The number of aromatic nitrogens is 1. The maximum absolute atomic E-state index is 12.7. The summed E-state index contributed by atoms with van der Waals surface area (Å²) in [5.41, 5.74) is 0.435. The number of rotatable bonds is 6. The molecule has 0 bridgehead atoms. The lowest BCUT2D eigenvalue weighted by molar-refractivity contribution is -0.385. The fraction of sp³-hybridized carbons (Fsp3) is 0.250. The second kappa shape index (κ2) is 7.99. The Bertz CT molecular complexity index is 1010. The zero-order chi connectivity index (χ0) is 20.4. The third-order valence-corrected chi connectivity index (χ3v) is 5.89. The van der Waals surface area contributed by atoms with Crippen molar-refractivity contribution in [2.75, 3.05) is 18.9 Å². The van der Waals surface area contributed by atoms with E-state index < -0.39 is 33.1 Å². The van der Waals surface area contributed by atoms with Gasteiger partial charge in [0.2, 0.25) is 15.9 Å². The number of nitrogens with zero attached hydrogens (tertiary/aromatic N) is 3. The van der Waals surface area contributed by atoms with Gasteiger partial charge in [0.15, 0.2) is 0 Å². The largest absolute Gasteiger partial charge is 0.310 e. The maximum atomic E-state index is 12.7. The maximum Gasteiger partial charge on any atom is 0.275 e. The number of anilines is 1. The number of sulfonamides is 1. The SMILES string of the molecule is Cc1cccc(NC(=O)CN(C)S(=O)(=O)c2cc(Cl)c(C)c([N+](=O)[O-])c2)n1. The average Bonchev–Trinajstić information content (AvgIpc) is 2.56. The summed E-state index contributed by atoms with van der Waals surface area (Å²) in [7, 11) is -2.97. The van der Waals surface area contributed by atoms with Crippen LogP contribution in [0.2, 0.25) is 5.02 Å². The molecule has 0 fully saturated rings. The van der Waals surface area contributed by atoms with E-state index in [1.54, 1.807) is 25.1 Å². The highest BCUT2D eigenvalue weighted by Gasteiger charge is 2.27. The summed E-state index contributed by atoms with van der Waals surface area (Å²) in [6.45, 7) is 2.67. The van der Waals surface area contributed by atoms with Crippen LogP contribution in [-0.4, -0.2) is 42.1 Å². The van der Waals surface area contributed by atoms with Crippen LogP contribution < -0.4 is 5.32 Å². The molecule has 0 atom stereocenters. The standard InChI is InChI=1S/C16H17ClN4O5S/c1-10-5-4-6-15(18-10)19-16(22)9-20(3)27(25,26)12-7-13(17)11(2)14(8-12)21(23)24/h4-8H,9H2,1-3H3,(H,18,19,22). The van der Waals surface area contributed by atoms with Gasteiger partial charge in [0.25, 0.3) is 5.69 Å². The van der Waals surface area contributed by atoms with Gasteiger partial charge in [-0.05, 0) is 32.0 Å². The molecule has 2 rings (SSSR count). The van der Waals surface area contributed by atoms with Crippen LogP contribution in [0.15, 0.2) is 35.2 Å². The minimum atomic E-state index is -4.17. The number of hydrogen-bond donors (Lipinski definition) is 1. The van der Waals surface area contributed by atoms with Crippen molar-refractivity contribution in [3.05, 3.63) is 56.7 Å². The Labute approximate surface area is 161 Å². The van der Waals surface area contributed by atoms with E-state index >= 15 is 0 Å². The lowest BCUT2D eigenvalue weighted by Crippen LogP contribution is -2.35. The lowest BCUT2D eigenvalue weighted by atomic mass is 10.2. The molecular formula is C16H17ClN4O5S. The van der Waals surface area contributed by atoms with Crippen molar-refractivity contribution in [2.45, 2.75) is 18.7 Å². The van der Waals surface area contributed by atoms with E-state index in [1.165, 1.54) is 14.0 Å². The van der Waals surface area contributed by atoms with Crippen molar-refractivity contribution in [1.82, 2.24) is 9.29 Å². The Balaban J connectivity index is 2.23. The quantitative estimate of drug-likeness (QED) is 0.574. The molecule has 0 radical (unpaired) electrons. The van der Waals surface area contributed by atoms with Crippen LogP contribution >= 0.6 is 11.6 Å². The topological polar surface area (TPSA) is 123 Å². The second-order valence-electron chi connectivity index (χ2n) is 5.78. The van der Waals surface area contributed by atoms with E-state index in [4.69, 9.17) is 11.6 Å². The molecule has 1 heterocycles. The molecule has 0 saturated heterocycles. The molecule has 0 saturated carbocycles. The molecule has 0 aliphatic heterocycles. The number of benzene rings is 1. The van der Waals surface area contributed by atoms with Crippen LogP contribution in [0.4, 0.5) is 11.5 Å². The molecule has 144 valence electrons. The minimum Gasteiger partial charge on any atom is -0.310 e. The Hall–Kier alpha value is -2.56. The number of carbonyl (C=O) groups is 1. The molecule has 1 aromatic heterocycles. The number of aryl methyl sites for hydroxylation is 1. The highest BCUT2D eigenvalue weighted by Crippen LogP contribution is 2.30. The molecule has 27 heavy (non-hydrogen) atoms. The normalized spacial score (nSPS) is 11.4. The zero-order valence-corrected chi connectivity index (χ0v) is 16.3. The number of carbonyl (C=O) groups excluding carboxylic acids is 1. The van der Waals surface area contributed by atoms with Gasteiger partial charge >= 0.3 is 0 Å². The Kier molecular flexibility index (Phi) is 6.14. The second-order valence-corrected chi connectivity index (χ2v) is 8.23. The summed E-state index contributed by atoms with van der Waals surface area (Å²) in [4.78, 5) is 26.2. The number of nitro groups is 1. The van der Waals surface area contributed by atoms with Gasteiger partial charge in [0.1, 0.15) is 5.82 Å². The first kappa shape index (κ1) is 20.7. The van der Waals surface area contributed by atoms with E-state index in [2.05, 4.69) is 10.3 Å². The molecule has 1 amide bonds. The molecule has 11 heteroatoms. The Morgan fingerprint density at radius 2 is 2.00 bits per heavy atom.